The average Bonchev–Trinajstić information content (AvgIpc) is 2.73. The van der Waals surface area contributed by atoms with E-state index in [-0.39, 0.29) is 17.2 Å². The molecule has 2 unspecified atom stereocenters. The maximum absolute atomic E-state index is 12.2. The molecule has 1 saturated heterocycles. The van der Waals surface area contributed by atoms with Gasteiger partial charge in [0.25, 0.3) is 0 Å². The Kier molecular flexibility index (Phi) is 8.17. The molecule has 0 spiro atoms. The lowest BCUT2D eigenvalue weighted by molar-refractivity contribution is -0.150. The lowest BCUT2D eigenvalue weighted by atomic mass is 10.0. The SMILES string of the molecule is NC(=O)C(CCCCCCc1ccccc1)N1C(=O)CC1SCc1ccccc1. The Bertz CT molecular complexity index is 782. The van der Waals surface area contributed by atoms with Gasteiger partial charge < -0.3 is 10.6 Å². The minimum atomic E-state index is -0.473. The van der Waals surface area contributed by atoms with E-state index >= 15 is 0 Å². The van der Waals surface area contributed by atoms with E-state index < -0.39 is 6.04 Å². The summed E-state index contributed by atoms with van der Waals surface area (Å²) in [5.41, 5.74) is 8.25. The van der Waals surface area contributed by atoms with Crippen molar-refractivity contribution in [3.8, 4) is 0 Å². The van der Waals surface area contributed by atoms with Crippen LogP contribution in [0.3, 0.4) is 0 Å². The van der Waals surface area contributed by atoms with Crippen LogP contribution in [-0.2, 0) is 21.8 Å². The standard InChI is InChI=1S/C24H30N2O2S/c25-24(28)21(16-10-2-1-5-11-19-12-6-3-7-13-19)26-22(27)17-23(26)29-18-20-14-8-4-9-15-20/h3-4,6-9,12-15,21,23H,1-2,5,10-11,16-18H2,(H2,25,28). The summed E-state index contributed by atoms with van der Waals surface area (Å²) in [6, 6.07) is 20.2. The zero-order chi connectivity index (χ0) is 20.5. The van der Waals surface area contributed by atoms with Crippen LogP contribution < -0.4 is 5.73 Å². The van der Waals surface area contributed by atoms with Gasteiger partial charge >= 0.3 is 0 Å². The summed E-state index contributed by atoms with van der Waals surface area (Å²) in [6.45, 7) is 0. The first-order valence-corrected chi connectivity index (χ1v) is 11.5. The molecule has 2 N–H and O–H groups in total. The van der Waals surface area contributed by atoms with Crippen molar-refractivity contribution in [2.75, 3.05) is 0 Å². The van der Waals surface area contributed by atoms with Crippen molar-refractivity contribution >= 4 is 23.6 Å². The van der Waals surface area contributed by atoms with E-state index in [9.17, 15) is 9.59 Å². The van der Waals surface area contributed by atoms with Crippen LogP contribution in [0.5, 0.6) is 0 Å². The van der Waals surface area contributed by atoms with Gasteiger partial charge in [-0.1, -0.05) is 79.9 Å². The zero-order valence-electron chi connectivity index (χ0n) is 16.8. The molecule has 1 fully saturated rings. The first-order chi connectivity index (χ1) is 14.1. The number of rotatable bonds is 12. The number of thioether (sulfide) groups is 1. The number of amides is 2. The summed E-state index contributed by atoms with van der Waals surface area (Å²) < 4.78 is 0. The molecule has 1 aliphatic rings. The topological polar surface area (TPSA) is 63.4 Å². The highest BCUT2D eigenvalue weighted by Crippen LogP contribution is 2.34. The van der Waals surface area contributed by atoms with E-state index in [2.05, 4.69) is 36.4 Å². The maximum atomic E-state index is 12.2. The number of primary amides is 1. The first kappa shape index (κ1) is 21.4. The van der Waals surface area contributed by atoms with Gasteiger partial charge in [-0.2, -0.15) is 0 Å². The normalized spacial score (nSPS) is 17.0. The van der Waals surface area contributed by atoms with Crippen molar-refractivity contribution in [3.63, 3.8) is 0 Å². The van der Waals surface area contributed by atoms with Gasteiger partial charge in [0.2, 0.25) is 11.8 Å². The number of likely N-dealkylation sites (tertiary alicyclic amines) is 1. The number of β-lactam (4-membered cyclic amide) rings is 1. The second-order valence-corrected chi connectivity index (χ2v) is 8.78. The maximum Gasteiger partial charge on any atom is 0.240 e. The van der Waals surface area contributed by atoms with E-state index in [0.29, 0.717) is 12.8 Å². The summed E-state index contributed by atoms with van der Waals surface area (Å²) in [4.78, 5) is 25.9. The van der Waals surface area contributed by atoms with Gasteiger partial charge in [0.05, 0.1) is 11.8 Å². The summed E-state index contributed by atoms with van der Waals surface area (Å²) in [5.74, 6) is 0.497. The van der Waals surface area contributed by atoms with Crippen LogP contribution in [-0.4, -0.2) is 28.1 Å². The molecule has 5 heteroatoms. The van der Waals surface area contributed by atoms with Crippen LogP contribution in [0.25, 0.3) is 0 Å². The number of unbranched alkanes of at least 4 members (excludes halogenated alkanes) is 3. The number of aryl methyl sites for hydroxylation is 1. The van der Waals surface area contributed by atoms with Crippen molar-refractivity contribution in [2.24, 2.45) is 5.73 Å². The van der Waals surface area contributed by atoms with E-state index in [4.69, 9.17) is 5.73 Å². The predicted octanol–water partition coefficient (Wildman–Crippen LogP) is 4.53. The minimum absolute atomic E-state index is 0.0449. The molecule has 154 valence electrons. The van der Waals surface area contributed by atoms with Crippen molar-refractivity contribution in [3.05, 3.63) is 71.8 Å². The van der Waals surface area contributed by atoms with Crippen LogP contribution in [0.2, 0.25) is 0 Å². The summed E-state index contributed by atoms with van der Waals surface area (Å²) in [7, 11) is 0. The molecule has 2 amide bonds. The molecular weight excluding hydrogens is 380 g/mol. The molecule has 29 heavy (non-hydrogen) atoms. The summed E-state index contributed by atoms with van der Waals surface area (Å²) >= 11 is 1.72. The van der Waals surface area contributed by atoms with E-state index in [0.717, 1.165) is 37.9 Å². The molecule has 4 nitrogen and oxygen atoms in total. The Morgan fingerprint density at radius 1 is 0.966 bits per heavy atom. The van der Waals surface area contributed by atoms with Crippen LogP contribution >= 0.6 is 11.8 Å². The van der Waals surface area contributed by atoms with Crippen molar-refractivity contribution in [1.29, 1.82) is 0 Å². The molecule has 0 bridgehead atoms. The highest BCUT2D eigenvalue weighted by atomic mass is 32.2. The van der Waals surface area contributed by atoms with Gasteiger partial charge in [-0.3, -0.25) is 9.59 Å². The van der Waals surface area contributed by atoms with Crippen LogP contribution in [0.15, 0.2) is 60.7 Å². The number of carbonyl (C=O) groups excluding carboxylic acids is 2. The van der Waals surface area contributed by atoms with Gasteiger partial charge in [0, 0.05) is 5.75 Å². The molecule has 2 aromatic rings. The lowest BCUT2D eigenvalue weighted by Gasteiger charge is -2.44. The van der Waals surface area contributed by atoms with Gasteiger partial charge in [-0.15, -0.1) is 11.8 Å². The molecule has 3 rings (SSSR count). The smallest absolute Gasteiger partial charge is 0.240 e. The predicted molar refractivity (Wildman–Crippen MR) is 119 cm³/mol. The third-order valence-corrected chi connectivity index (χ3v) is 6.71. The van der Waals surface area contributed by atoms with Gasteiger partial charge in [0.15, 0.2) is 0 Å². The van der Waals surface area contributed by atoms with Crippen LogP contribution in [0.1, 0.15) is 49.7 Å². The first-order valence-electron chi connectivity index (χ1n) is 10.4. The second kappa shape index (κ2) is 11.1. The number of benzene rings is 2. The fraction of sp³-hybridized carbons (Fsp3) is 0.417. The van der Waals surface area contributed by atoms with Crippen molar-refractivity contribution in [2.45, 2.75) is 62.1 Å². The number of nitrogens with zero attached hydrogens (tertiary/aromatic N) is 1. The van der Waals surface area contributed by atoms with E-state index in [1.165, 1.54) is 11.1 Å². The summed E-state index contributed by atoms with van der Waals surface area (Å²) in [5, 5.41) is 0.0540. The lowest BCUT2D eigenvalue weighted by Crippen LogP contribution is -2.59. The largest absolute Gasteiger partial charge is 0.368 e. The molecule has 0 radical (unpaired) electrons. The number of hydrogen-bond acceptors (Lipinski definition) is 3. The Morgan fingerprint density at radius 3 is 2.21 bits per heavy atom. The third kappa shape index (κ3) is 6.36. The summed E-state index contributed by atoms with van der Waals surface area (Å²) in [6.07, 6.45) is 6.49. The quantitative estimate of drug-likeness (QED) is 0.413. The molecule has 1 aliphatic heterocycles. The molecule has 0 aliphatic carbocycles. The Morgan fingerprint density at radius 2 is 1.59 bits per heavy atom. The fourth-order valence-electron chi connectivity index (χ4n) is 3.77. The highest BCUT2D eigenvalue weighted by molar-refractivity contribution is 7.99. The van der Waals surface area contributed by atoms with Gasteiger partial charge in [0.1, 0.15) is 6.04 Å². The van der Waals surface area contributed by atoms with Crippen LogP contribution in [0, 0.1) is 0 Å². The van der Waals surface area contributed by atoms with Crippen LogP contribution in [0.4, 0.5) is 0 Å². The average molecular weight is 411 g/mol. The third-order valence-electron chi connectivity index (χ3n) is 5.43. The molecule has 0 aromatic heterocycles. The van der Waals surface area contributed by atoms with E-state index in [1.807, 2.05) is 24.3 Å². The molecular formula is C24H30N2O2S. The Balaban J connectivity index is 1.40. The minimum Gasteiger partial charge on any atom is -0.368 e. The Labute approximate surface area is 177 Å². The van der Waals surface area contributed by atoms with Crippen molar-refractivity contribution < 1.29 is 9.59 Å². The van der Waals surface area contributed by atoms with Gasteiger partial charge in [-0.25, -0.2) is 0 Å². The highest BCUT2D eigenvalue weighted by Gasteiger charge is 2.42. The molecule has 2 aromatic carbocycles. The second-order valence-electron chi connectivity index (χ2n) is 7.61. The molecule has 1 heterocycles. The number of hydrogen-bond donors (Lipinski definition) is 1. The number of carbonyl (C=O) groups is 2. The van der Waals surface area contributed by atoms with Gasteiger partial charge in [-0.05, 0) is 30.4 Å². The molecule has 2 atom stereocenters. The van der Waals surface area contributed by atoms with E-state index in [1.54, 1.807) is 16.7 Å². The monoisotopic (exact) mass is 410 g/mol. The molecule has 0 saturated carbocycles. The van der Waals surface area contributed by atoms with Crippen molar-refractivity contribution in [1.82, 2.24) is 4.90 Å². The number of nitrogens with two attached hydrogens (primary N) is 1. The zero-order valence-corrected chi connectivity index (χ0v) is 17.7. The fourth-order valence-corrected chi connectivity index (χ4v) is 5.03. The Hall–Kier alpha value is -2.27.